The van der Waals surface area contributed by atoms with Crippen LogP contribution >= 0.6 is 0 Å². The second kappa shape index (κ2) is 5.65. The number of aliphatic imine (C=N–C) groups is 1. The second-order valence-electron chi connectivity index (χ2n) is 2.54. The smallest absolute Gasteiger partial charge is 0.0717 e. The summed E-state index contributed by atoms with van der Waals surface area (Å²) in [5.74, 6) is 0. The highest BCUT2D eigenvalue weighted by Gasteiger charge is 1.95. The third-order valence-corrected chi connectivity index (χ3v) is 1.55. The molecule has 0 aliphatic carbocycles. The predicted molar refractivity (Wildman–Crippen MR) is 61.1 cm³/mol. The van der Waals surface area contributed by atoms with Gasteiger partial charge in [-0.25, -0.2) is 0 Å². The van der Waals surface area contributed by atoms with Crippen LogP contribution in [-0.4, -0.2) is 11.2 Å². The van der Waals surface area contributed by atoms with E-state index in [4.69, 9.17) is 0 Å². The highest BCUT2D eigenvalue weighted by atomic mass is 14.7. The lowest BCUT2D eigenvalue weighted by molar-refractivity contribution is 1.30. The summed E-state index contributed by atoms with van der Waals surface area (Å²) in [5.41, 5.74) is 1.79. The van der Waals surface area contributed by atoms with Crippen LogP contribution in [0, 0.1) is 0 Å². The first-order valence-electron chi connectivity index (χ1n) is 4.26. The van der Waals surface area contributed by atoms with Gasteiger partial charge in [0.05, 0.1) is 5.70 Å². The maximum absolute atomic E-state index is 4.21. The Hall–Kier alpha value is -1.96. The summed E-state index contributed by atoms with van der Waals surface area (Å²) in [6.07, 6.45) is 10.3. The molecule has 0 bridgehead atoms. The largest absolute Gasteiger partial charge is 0.264 e. The minimum Gasteiger partial charge on any atom is -0.264 e. The maximum Gasteiger partial charge on any atom is 0.0717 e. The zero-order valence-corrected chi connectivity index (χ0v) is 7.93. The van der Waals surface area contributed by atoms with Crippen LogP contribution in [0.4, 0.5) is 0 Å². The molecule has 0 atom stereocenters. The molecular formula is C12H12N2. The van der Waals surface area contributed by atoms with E-state index in [1.54, 1.807) is 30.8 Å². The van der Waals surface area contributed by atoms with Crippen molar-refractivity contribution in [2.24, 2.45) is 4.99 Å². The summed E-state index contributed by atoms with van der Waals surface area (Å²) < 4.78 is 0. The van der Waals surface area contributed by atoms with E-state index in [-0.39, 0.29) is 0 Å². The maximum atomic E-state index is 4.21. The van der Waals surface area contributed by atoms with Crippen molar-refractivity contribution in [3.63, 3.8) is 0 Å². The molecule has 0 spiro atoms. The summed E-state index contributed by atoms with van der Waals surface area (Å²) in [6, 6.07) is 3.82. The fourth-order valence-corrected chi connectivity index (χ4v) is 0.973. The highest BCUT2D eigenvalue weighted by molar-refractivity contribution is 5.79. The Bertz CT molecular complexity index is 361. The van der Waals surface area contributed by atoms with Crippen molar-refractivity contribution in [3.8, 4) is 0 Å². The Morgan fingerprint density at radius 1 is 1.36 bits per heavy atom. The van der Waals surface area contributed by atoms with Gasteiger partial charge in [-0.05, 0) is 18.2 Å². The number of rotatable bonds is 4. The molecule has 0 unspecified atom stereocenters. The van der Waals surface area contributed by atoms with Crippen molar-refractivity contribution in [1.29, 1.82) is 0 Å². The molecule has 0 fully saturated rings. The van der Waals surface area contributed by atoms with Gasteiger partial charge in [0.15, 0.2) is 0 Å². The highest BCUT2D eigenvalue weighted by Crippen LogP contribution is 2.13. The number of allylic oxidation sites excluding steroid dienone is 3. The van der Waals surface area contributed by atoms with Crippen LogP contribution in [0.1, 0.15) is 5.56 Å². The van der Waals surface area contributed by atoms with Crippen LogP contribution in [0.2, 0.25) is 0 Å². The molecule has 1 aromatic rings. The lowest BCUT2D eigenvalue weighted by atomic mass is 10.2. The summed E-state index contributed by atoms with van der Waals surface area (Å²) >= 11 is 0. The number of hydrogen-bond donors (Lipinski definition) is 0. The van der Waals surface area contributed by atoms with E-state index in [0.29, 0.717) is 0 Å². The van der Waals surface area contributed by atoms with Crippen molar-refractivity contribution < 1.29 is 0 Å². The van der Waals surface area contributed by atoms with Crippen molar-refractivity contribution in [2.75, 3.05) is 0 Å². The minimum absolute atomic E-state index is 0.827. The molecule has 70 valence electrons. The molecule has 0 saturated carbocycles. The Morgan fingerprint density at radius 3 is 2.79 bits per heavy atom. The summed E-state index contributed by atoms with van der Waals surface area (Å²) in [5, 5.41) is 0. The molecule has 2 heteroatoms. The third-order valence-electron chi connectivity index (χ3n) is 1.55. The third kappa shape index (κ3) is 2.83. The molecule has 1 rings (SSSR count). The van der Waals surface area contributed by atoms with Crippen molar-refractivity contribution in [2.45, 2.75) is 0 Å². The first kappa shape index (κ1) is 10.1. The average molecular weight is 184 g/mol. The van der Waals surface area contributed by atoms with Crippen LogP contribution in [-0.2, 0) is 0 Å². The molecule has 0 aliphatic heterocycles. The van der Waals surface area contributed by atoms with Crippen LogP contribution in [0.25, 0.3) is 5.70 Å². The van der Waals surface area contributed by atoms with Gasteiger partial charge in [-0.2, -0.15) is 0 Å². The number of pyridine rings is 1. The number of hydrogen-bond acceptors (Lipinski definition) is 2. The van der Waals surface area contributed by atoms with E-state index < -0.39 is 0 Å². The normalized spacial score (nSPS) is 11.6. The van der Waals surface area contributed by atoms with Crippen molar-refractivity contribution in [3.05, 3.63) is 61.5 Å². The molecule has 0 saturated heterocycles. The van der Waals surface area contributed by atoms with Crippen LogP contribution < -0.4 is 0 Å². The zero-order chi connectivity index (χ0) is 10.2. The molecule has 14 heavy (non-hydrogen) atoms. The van der Waals surface area contributed by atoms with Gasteiger partial charge >= 0.3 is 0 Å². The van der Waals surface area contributed by atoms with Gasteiger partial charge in [-0.15, -0.1) is 0 Å². The molecular weight excluding hydrogens is 172 g/mol. The molecule has 2 nitrogen and oxygen atoms in total. The molecule has 1 heterocycles. The molecule has 0 amide bonds. The van der Waals surface area contributed by atoms with Crippen molar-refractivity contribution >= 4 is 11.9 Å². The van der Waals surface area contributed by atoms with Gasteiger partial charge in [0.2, 0.25) is 0 Å². The monoisotopic (exact) mass is 184 g/mol. The Kier molecular flexibility index (Phi) is 4.08. The first-order chi connectivity index (χ1) is 6.88. The van der Waals surface area contributed by atoms with Gasteiger partial charge in [0, 0.05) is 24.2 Å². The Balaban J connectivity index is 3.01. The Morgan fingerprint density at radius 2 is 2.21 bits per heavy atom. The van der Waals surface area contributed by atoms with E-state index >= 15 is 0 Å². The summed E-state index contributed by atoms with van der Waals surface area (Å²) in [4.78, 5) is 8.23. The second-order valence-corrected chi connectivity index (χ2v) is 2.54. The number of aromatic nitrogens is 1. The Labute approximate surface area is 84.0 Å². The van der Waals surface area contributed by atoms with Gasteiger partial charge in [-0.1, -0.05) is 25.3 Å². The van der Waals surface area contributed by atoms with E-state index in [1.165, 1.54) is 0 Å². The predicted octanol–water partition coefficient (Wildman–Crippen LogP) is 2.87. The van der Waals surface area contributed by atoms with E-state index in [0.717, 1.165) is 11.3 Å². The summed E-state index contributed by atoms with van der Waals surface area (Å²) in [7, 11) is 0. The quantitative estimate of drug-likeness (QED) is 0.521. The standard InChI is InChI=1S/C12H12N2/c1-3-6-12(14-8-4-2)11-7-5-9-13-10-11/h3-10H,1-2H2/b12-6-,14-8-. The fourth-order valence-electron chi connectivity index (χ4n) is 0.973. The molecule has 0 radical (unpaired) electrons. The lowest BCUT2D eigenvalue weighted by Gasteiger charge is -1.98. The topological polar surface area (TPSA) is 25.2 Å². The first-order valence-corrected chi connectivity index (χ1v) is 4.26. The van der Waals surface area contributed by atoms with Crippen LogP contribution in [0.15, 0.2) is 60.9 Å². The average Bonchev–Trinajstić information content (AvgIpc) is 2.25. The van der Waals surface area contributed by atoms with Gasteiger partial charge in [0.1, 0.15) is 0 Å². The molecule has 0 aromatic carbocycles. The minimum atomic E-state index is 0.827. The van der Waals surface area contributed by atoms with Crippen LogP contribution in [0.3, 0.4) is 0 Å². The molecule has 0 N–H and O–H groups in total. The zero-order valence-electron chi connectivity index (χ0n) is 7.93. The fraction of sp³-hybridized carbons (Fsp3) is 0. The van der Waals surface area contributed by atoms with Gasteiger partial charge in [-0.3, -0.25) is 9.98 Å². The van der Waals surface area contributed by atoms with E-state index in [1.807, 2.05) is 18.2 Å². The van der Waals surface area contributed by atoms with Gasteiger partial charge in [0.25, 0.3) is 0 Å². The SMILES string of the molecule is C=C/C=N\C(=C/C=C)c1cccnc1. The van der Waals surface area contributed by atoms with Crippen LogP contribution in [0.5, 0.6) is 0 Å². The van der Waals surface area contributed by atoms with E-state index in [9.17, 15) is 0 Å². The van der Waals surface area contributed by atoms with Gasteiger partial charge < -0.3 is 0 Å². The van der Waals surface area contributed by atoms with E-state index in [2.05, 4.69) is 23.1 Å². The summed E-state index contributed by atoms with van der Waals surface area (Å²) in [6.45, 7) is 7.21. The molecule has 0 aliphatic rings. The van der Waals surface area contributed by atoms with Crippen molar-refractivity contribution in [1.82, 2.24) is 4.98 Å². The number of nitrogens with zero attached hydrogens (tertiary/aromatic N) is 2. The lowest BCUT2D eigenvalue weighted by Crippen LogP contribution is -1.82. The molecule has 1 aromatic heterocycles.